The number of hydrogen-bond acceptors (Lipinski definition) is 3. The number of halogens is 1. The van der Waals surface area contributed by atoms with E-state index in [0.29, 0.717) is 0 Å². The number of carbonyl (C=O) groups is 1. The summed E-state index contributed by atoms with van der Waals surface area (Å²) >= 11 is 0. The summed E-state index contributed by atoms with van der Waals surface area (Å²) in [5, 5.41) is 13.8. The number of carbonyl (C=O) groups excluding carboxylic acids is 1. The summed E-state index contributed by atoms with van der Waals surface area (Å²) in [6.45, 7) is 0.0914. The van der Waals surface area contributed by atoms with Crippen LogP contribution in [0.15, 0.2) is 48.5 Å². The van der Waals surface area contributed by atoms with E-state index in [1.807, 2.05) is 30.3 Å². The van der Waals surface area contributed by atoms with Crippen LogP contribution in [-0.2, 0) is 5.60 Å². The van der Waals surface area contributed by atoms with Gasteiger partial charge in [0.15, 0.2) is 11.6 Å². The lowest BCUT2D eigenvalue weighted by atomic mass is 9.88. The quantitative estimate of drug-likeness (QED) is 0.857. The van der Waals surface area contributed by atoms with Gasteiger partial charge in [0.2, 0.25) is 0 Å². The van der Waals surface area contributed by atoms with Gasteiger partial charge in [-0.05, 0) is 42.5 Å². The SMILES string of the molecule is COc1ccc(C(=O)NC[C@](O)(c2ccccc2)C2CC2)cc1F. The number of methoxy groups -OCH3 is 1. The average Bonchev–Trinajstić information content (AvgIpc) is 3.45. The number of amides is 1. The van der Waals surface area contributed by atoms with Gasteiger partial charge in [-0.15, -0.1) is 0 Å². The molecule has 3 rings (SSSR count). The van der Waals surface area contributed by atoms with Crippen LogP contribution in [0.4, 0.5) is 4.39 Å². The highest BCUT2D eigenvalue weighted by Crippen LogP contribution is 2.45. The van der Waals surface area contributed by atoms with E-state index in [1.165, 1.54) is 19.2 Å². The van der Waals surface area contributed by atoms with Gasteiger partial charge in [0.1, 0.15) is 5.60 Å². The van der Waals surface area contributed by atoms with Gasteiger partial charge in [-0.25, -0.2) is 4.39 Å². The Morgan fingerprint density at radius 1 is 1.29 bits per heavy atom. The minimum Gasteiger partial charge on any atom is -0.494 e. The summed E-state index contributed by atoms with van der Waals surface area (Å²) in [4.78, 5) is 12.3. The molecule has 4 nitrogen and oxygen atoms in total. The van der Waals surface area contributed by atoms with E-state index in [1.54, 1.807) is 0 Å². The monoisotopic (exact) mass is 329 g/mol. The van der Waals surface area contributed by atoms with Crippen molar-refractivity contribution in [2.24, 2.45) is 5.92 Å². The predicted molar refractivity (Wildman–Crippen MR) is 88.3 cm³/mol. The van der Waals surface area contributed by atoms with Crippen molar-refractivity contribution in [2.75, 3.05) is 13.7 Å². The molecule has 5 heteroatoms. The number of aliphatic hydroxyl groups is 1. The van der Waals surface area contributed by atoms with E-state index in [2.05, 4.69) is 5.32 Å². The maximum Gasteiger partial charge on any atom is 0.251 e. The normalized spacial score (nSPS) is 16.3. The predicted octanol–water partition coefficient (Wildman–Crippen LogP) is 2.86. The first-order valence-electron chi connectivity index (χ1n) is 7.94. The van der Waals surface area contributed by atoms with Crippen molar-refractivity contribution in [2.45, 2.75) is 18.4 Å². The van der Waals surface area contributed by atoms with E-state index in [4.69, 9.17) is 4.74 Å². The highest BCUT2D eigenvalue weighted by atomic mass is 19.1. The molecule has 0 unspecified atom stereocenters. The Bertz CT molecular complexity index is 731. The van der Waals surface area contributed by atoms with Crippen molar-refractivity contribution in [3.63, 3.8) is 0 Å². The molecule has 2 N–H and O–H groups in total. The lowest BCUT2D eigenvalue weighted by Gasteiger charge is -2.29. The second-order valence-corrected chi connectivity index (χ2v) is 6.10. The molecule has 1 atom stereocenters. The van der Waals surface area contributed by atoms with Crippen molar-refractivity contribution in [3.05, 3.63) is 65.5 Å². The molecule has 0 bridgehead atoms. The fourth-order valence-corrected chi connectivity index (χ4v) is 2.89. The first-order valence-corrected chi connectivity index (χ1v) is 7.94. The van der Waals surface area contributed by atoms with Gasteiger partial charge in [0.25, 0.3) is 5.91 Å². The fourth-order valence-electron chi connectivity index (χ4n) is 2.89. The van der Waals surface area contributed by atoms with E-state index >= 15 is 0 Å². The Balaban J connectivity index is 1.73. The molecular formula is C19H20FNO3. The molecule has 24 heavy (non-hydrogen) atoms. The molecule has 0 saturated heterocycles. The Labute approximate surface area is 140 Å². The van der Waals surface area contributed by atoms with Crippen LogP contribution in [0.2, 0.25) is 0 Å². The molecule has 1 saturated carbocycles. The molecule has 1 amide bonds. The third-order valence-corrected chi connectivity index (χ3v) is 4.46. The molecule has 0 heterocycles. The third kappa shape index (κ3) is 3.26. The van der Waals surface area contributed by atoms with Crippen LogP contribution in [0, 0.1) is 11.7 Å². The highest BCUT2D eigenvalue weighted by molar-refractivity contribution is 5.94. The summed E-state index contributed by atoms with van der Waals surface area (Å²) in [5.74, 6) is -0.796. The van der Waals surface area contributed by atoms with E-state index in [9.17, 15) is 14.3 Å². The van der Waals surface area contributed by atoms with Crippen LogP contribution in [0.5, 0.6) is 5.75 Å². The Morgan fingerprint density at radius 3 is 2.58 bits per heavy atom. The molecular weight excluding hydrogens is 309 g/mol. The van der Waals surface area contributed by atoms with Crippen molar-refractivity contribution in [1.82, 2.24) is 5.32 Å². The Kier molecular flexibility index (Phi) is 4.53. The number of rotatable bonds is 6. The highest BCUT2D eigenvalue weighted by Gasteiger charge is 2.45. The fraction of sp³-hybridized carbons (Fsp3) is 0.316. The maximum absolute atomic E-state index is 13.7. The van der Waals surface area contributed by atoms with Crippen molar-refractivity contribution >= 4 is 5.91 Å². The maximum atomic E-state index is 13.7. The minimum atomic E-state index is -1.10. The Hall–Kier alpha value is -2.40. The zero-order valence-electron chi connectivity index (χ0n) is 13.5. The van der Waals surface area contributed by atoms with E-state index in [0.717, 1.165) is 24.5 Å². The summed E-state index contributed by atoms with van der Waals surface area (Å²) in [6.07, 6.45) is 1.86. The molecule has 126 valence electrons. The lowest BCUT2D eigenvalue weighted by molar-refractivity contribution is 0.0135. The summed E-state index contributed by atoms with van der Waals surface area (Å²) in [7, 11) is 1.37. The van der Waals surface area contributed by atoms with Crippen LogP contribution < -0.4 is 10.1 Å². The zero-order chi connectivity index (χ0) is 17.2. The van der Waals surface area contributed by atoms with Gasteiger partial charge < -0.3 is 15.2 Å². The van der Waals surface area contributed by atoms with Crippen LogP contribution in [0.25, 0.3) is 0 Å². The first-order chi connectivity index (χ1) is 11.5. The van der Waals surface area contributed by atoms with Crippen molar-refractivity contribution in [3.8, 4) is 5.75 Å². The Morgan fingerprint density at radius 2 is 2.00 bits per heavy atom. The smallest absolute Gasteiger partial charge is 0.251 e. The van der Waals surface area contributed by atoms with Gasteiger partial charge >= 0.3 is 0 Å². The third-order valence-electron chi connectivity index (χ3n) is 4.46. The zero-order valence-corrected chi connectivity index (χ0v) is 13.5. The van der Waals surface area contributed by atoms with Crippen molar-refractivity contribution in [1.29, 1.82) is 0 Å². The molecule has 0 aliphatic heterocycles. The lowest BCUT2D eigenvalue weighted by Crippen LogP contribution is -2.42. The largest absolute Gasteiger partial charge is 0.494 e. The number of ether oxygens (including phenoxy) is 1. The first kappa shape index (κ1) is 16.5. The van der Waals surface area contributed by atoms with Gasteiger partial charge in [0.05, 0.1) is 13.7 Å². The number of hydrogen-bond donors (Lipinski definition) is 2. The molecule has 0 radical (unpaired) electrons. The summed E-state index contributed by atoms with van der Waals surface area (Å²) in [5.41, 5.74) is -0.115. The van der Waals surface area contributed by atoms with Crippen LogP contribution in [-0.4, -0.2) is 24.7 Å². The van der Waals surface area contributed by atoms with E-state index < -0.39 is 17.3 Å². The number of benzene rings is 2. The van der Waals surface area contributed by atoms with Gasteiger partial charge in [-0.3, -0.25) is 4.79 Å². The molecule has 1 fully saturated rings. The minimum absolute atomic E-state index is 0.0883. The van der Waals surface area contributed by atoms with Gasteiger partial charge in [-0.1, -0.05) is 30.3 Å². The van der Waals surface area contributed by atoms with Gasteiger partial charge in [-0.2, -0.15) is 0 Å². The molecule has 2 aromatic rings. The second-order valence-electron chi connectivity index (χ2n) is 6.10. The average molecular weight is 329 g/mol. The van der Waals surface area contributed by atoms with Crippen LogP contribution in [0.3, 0.4) is 0 Å². The number of nitrogens with one attached hydrogen (secondary N) is 1. The second kappa shape index (κ2) is 6.61. The summed E-state index contributed by atoms with van der Waals surface area (Å²) in [6, 6.07) is 13.4. The molecule has 1 aliphatic rings. The standard InChI is InChI=1S/C19H20FNO3/c1-24-17-10-7-13(11-16(17)20)18(22)21-12-19(23,15-8-9-15)14-5-3-2-4-6-14/h2-7,10-11,15,23H,8-9,12H2,1H3,(H,21,22)/t19-/m0/s1. The van der Waals surface area contributed by atoms with Gasteiger partial charge in [0, 0.05) is 5.56 Å². The molecule has 2 aromatic carbocycles. The van der Waals surface area contributed by atoms with Crippen LogP contribution >= 0.6 is 0 Å². The topological polar surface area (TPSA) is 58.6 Å². The molecule has 0 spiro atoms. The van der Waals surface area contributed by atoms with E-state index in [-0.39, 0.29) is 23.8 Å². The molecule has 1 aliphatic carbocycles. The molecule has 0 aromatic heterocycles. The van der Waals surface area contributed by atoms with Crippen LogP contribution in [0.1, 0.15) is 28.8 Å². The summed E-state index contributed by atoms with van der Waals surface area (Å²) < 4.78 is 18.6. The van der Waals surface area contributed by atoms with Crippen molar-refractivity contribution < 1.29 is 19.0 Å².